The van der Waals surface area contributed by atoms with Gasteiger partial charge in [0.2, 0.25) is 0 Å². The summed E-state index contributed by atoms with van der Waals surface area (Å²) in [6.45, 7) is 2.86. The van der Waals surface area contributed by atoms with E-state index in [1.54, 1.807) is 6.20 Å². The van der Waals surface area contributed by atoms with Crippen LogP contribution in [0, 0.1) is 0 Å². The largest absolute Gasteiger partial charge is 0.360 e. The summed E-state index contributed by atoms with van der Waals surface area (Å²) in [4.78, 5) is 15.1. The molecule has 1 heterocycles. The Kier molecular flexibility index (Phi) is 4.26. The minimum absolute atomic E-state index is 0.0420. The number of amides is 1. The van der Waals surface area contributed by atoms with Gasteiger partial charge in [0.05, 0.1) is 5.56 Å². The molecule has 1 aromatic heterocycles. The number of fused-ring (bicyclic) bond motifs is 1. The van der Waals surface area contributed by atoms with E-state index in [4.69, 9.17) is 11.6 Å². The van der Waals surface area contributed by atoms with Crippen LogP contribution >= 0.6 is 11.6 Å². The first-order valence-corrected chi connectivity index (χ1v) is 6.65. The number of rotatable bonds is 5. The highest BCUT2D eigenvalue weighted by Gasteiger charge is 2.11. The lowest BCUT2D eigenvalue weighted by atomic mass is 10.1. The lowest BCUT2D eigenvalue weighted by molar-refractivity contribution is 0.0954. The summed E-state index contributed by atoms with van der Waals surface area (Å²) >= 11 is 5.95. The zero-order valence-electron chi connectivity index (χ0n) is 10.4. The molecule has 1 amide bonds. The van der Waals surface area contributed by atoms with E-state index >= 15 is 0 Å². The summed E-state index contributed by atoms with van der Waals surface area (Å²) in [5, 5.41) is 4.44. The fourth-order valence-corrected chi connectivity index (χ4v) is 2.12. The molecule has 0 aliphatic heterocycles. The van der Waals surface area contributed by atoms with Gasteiger partial charge < -0.3 is 10.3 Å². The van der Waals surface area contributed by atoms with Crippen LogP contribution in [0.1, 0.15) is 36.5 Å². The monoisotopic (exact) mass is 264 g/mol. The van der Waals surface area contributed by atoms with Crippen LogP contribution in [0.5, 0.6) is 0 Å². The smallest absolute Gasteiger partial charge is 0.253 e. The van der Waals surface area contributed by atoms with Crippen LogP contribution in [0.2, 0.25) is 5.02 Å². The number of hydrogen-bond donors (Lipinski definition) is 2. The van der Waals surface area contributed by atoms with Crippen LogP contribution < -0.4 is 5.32 Å². The molecular weight excluding hydrogens is 248 g/mol. The van der Waals surface area contributed by atoms with Gasteiger partial charge in [-0.1, -0.05) is 31.4 Å². The van der Waals surface area contributed by atoms with Crippen LogP contribution in [0.15, 0.2) is 24.4 Å². The van der Waals surface area contributed by atoms with Crippen LogP contribution in [-0.2, 0) is 0 Å². The number of aromatic amines is 1. The fraction of sp³-hybridized carbons (Fsp3) is 0.357. The van der Waals surface area contributed by atoms with Crippen molar-refractivity contribution in [3.05, 3.63) is 35.0 Å². The topological polar surface area (TPSA) is 44.9 Å². The van der Waals surface area contributed by atoms with Crippen molar-refractivity contribution in [2.75, 3.05) is 6.54 Å². The van der Waals surface area contributed by atoms with E-state index in [-0.39, 0.29) is 5.91 Å². The van der Waals surface area contributed by atoms with Gasteiger partial charge in [-0.25, -0.2) is 0 Å². The molecule has 0 aliphatic rings. The highest BCUT2D eigenvalue weighted by atomic mass is 35.5. The molecule has 0 saturated carbocycles. The summed E-state index contributed by atoms with van der Waals surface area (Å²) < 4.78 is 0. The summed E-state index contributed by atoms with van der Waals surface area (Å²) in [7, 11) is 0. The normalized spacial score (nSPS) is 10.8. The molecule has 2 aromatic rings. The number of carbonyl (C=O) groups is 1. The van der Waals surface area contributed by atoms with Crippen molar-refractivity contribution in [2.24, 2.45) is 0 Å². The molecule has 3 nitrogen and oxygen atoms in total. The molecule has 1 aromatic carbocycles. The van der Waals surface area contributed by atoms with Crippen LogP contribution in [0.3, 0.4) is 0 Å². The molecule has 0 bridgehead atoms. The second kappa shape index (κ2) is 5.91. The highest BCUT2D eigenvalue weighted by Crippen LogP contribution is 2.22. The summed E-state index contributed by atoms with van der Waals surface area (Å²) in [5.74, 6) is -0.0420. The second-order valence-corrected chi connectivity index (χ2v) is 4.79. The molecule has 0 fully saturated rings. The van der Waals surface area contributed by atoms with Crippen molar-refractivity contribution in [3.63, 3.8) is 0 Å². The van der Waals surface area contributed by atoms with Gasteiger partial charge in [-0.3, -0.25) is 4.79 Å². The second-order valence-electron chi connectivity index (χ2n) is 4.36. The van der Waals surface area contributed by atoms with Gasteiger partial charge >= 0.3 is 0 Å². The molecular formula is C14H17ClN2O. The van der Waals surface area contributed by atoms with Gasteiger partial charge in [-0.2, -0.15) is 0 Å². The first kappa shape index (κ1) is 13.0. The maximum Gasteiger partial charge on any atom is 0.253 e. The van der Waals surface area contributed by atoms with E-state index in [0.29, 0.717) is 10.6 Å². The molecule has 0 unspecified atom stereocenters. The standard InChI is InChI=1S/C14H17ClN2O/c1-2-3-4-7-16-14(18)12-9-17-13-6-5-10(15)8-11(12)13/h5-6,8-9,17H,2-4,7H2,1H3,(H,16,18). The van der Waals surface area contributed by atoms with Crippen molar-refractivity contribution in [1.82, 2.24) is 10.3 Å². The zero-order valence-corrected chi connectivity index (χ0v) is 11.2. The number of benzene rings is 1. The Labute approximate surface area is 112 Å². The quantitative estimate of drug-likeness (QED) is 0.794. The van der Waals surface area contributed by atoms with Crippen molar-refractivity contribution < 1.29 is 4.79 Å². The van der Waals surface area contributed by atoms with Crippen molar-refractivity contribution in [3.8, 4) is 0 Å². The maximum absolute atomic E-state index is 12.0. The minimum atomic E-state index is -0.0420. The van der Waals surface area contributed by atoms with Crippen molar-refractivity contribution >= 4 is 28.4 Å². The molecule has 0 aliphatic carbocycles. The van der Waals surface area contributed by atoms with Crippen LogP contribution in [0.4, 0.5) is 0 Å². The number of H-pyrrole nitrogens is 1. The minimum Gasteiger partial charge on any atom is -0.360 e. The number of nitrogens with one attached hydrogen (secondary N) is 2. The zero-order chi connectivity index (χ0) is 13.0. The maximum atomic E-state index is 12.0. The van der Waals surface area contributed by atoms with Crippen molar-refractivity contribution in [1.29, 1.82) is 0 Å². The predicted molar refractivity (Wildman–Crippen MR) is 75.2 cm³/mol. The summed E-state index contributed by atoms with van der Waals surface area (Å²) in [6.07, 6.45) is 5.04. The Morgan fingerprint density at radius 1 is 1.39 bits per heavy atom. The molecule has 18 heavy (non-hydrogen) atoms. The van der Waals surface area contributed by atoms with E-state index in [1.165, 1.54) is 0 Å². The average Bonchev–Trinajstić information content (AvgIpc) is 2.77. The number of halogens is 1. The van der Waals surface area contributed by atoms with E-state index in [9.17, 15) is 4.79 Å². The molecule has 0 spiro atoms. The lowest BCUT2D eigenvalue weighted by Crippen LogP contribution is -2.24. The van der Waals surface area contributed by atoms with Crippen molar-refractivity contribution in [2.45, 2.75) is 26.2 Å². The Hall–Kier alpha value is -1.48. The average molecular weight is 265 g/mol. The molecule has 2 N–H and O–H groups in total. The molecule has 0 radical (unpaired) electrons. The van der Waals surface area contributed by atoms with Gasteiger partial charge in [0.1, 0.15) is 0 Å². The highest BCUT2D eigenvalue weighted by molar-refractivity contribution is 6.31. The number of unbranched alkanes of at least 4 members (excludes halogenated alkanes) is 2. The molecule has 0 atom stereocenters. The third kappa shape index (κ3) is 2.85. The fourth-order valence-electron chi connectivity index (χ4n) is 1.95. The lowest BCUT2D eigenvalue weighted by Gasteiger charge is -2.03. The Morgan fingerprint density at radius 3 is 3.00 bits per heavy atom. The summed E-state index contributed by atoms with van der Waals surface area (Å²) in [5.41, 5.74) is 1.59. The number of aromatic nitrogens is 1. The van der Waals surface area contributed by atoms with Crippen LogP contribution in [-0.4, -0.2) is 17.4 Å². The van der Waals surface area contributed by atoms with Crippen LogP contribution in [0.25, 0.3) is 10.9 Å². The Balaban J connectivity index is 2.10. The Bertz CT molecular complexity index is 548. The van der Waals surface area contributed by atoms with Gasteiger partial charge in [-0.15, -0.1) is 0 Å². The number of carbonyl (C=O) groups excluding carboxylic acids is 1. The van der Waals surface area contributed by atoms with E-state index in [0.717, 1.165) is 36.7 Å². The first-order chi connectivity index (χ1) is 8.72. The molecule has 4 heteroatoms. The SMILES string of the molecule is CCCCCNC(=O)c1c[nH]c2ccc(Cl)cc12. The Morgan fingerprint density at radius 2 is 2.22 bits per heavy atom. The van der Waals surface area contributed by atoms with E-state index in [1.807, 2.05) is 18.2 Å². The first-order valence-electron chi connectivity index (χ1n) is 6.27. The van der Waals surface area contributed by atoms with Gasteiger partial charge in [0, 0.05) is 28.7 Å². The molecule has 96 valence electrons. The van der Waals surface area contributed by atoms with E-state index < -0.39 is 0 Å². The molecule has 0 saturated heterocycles. The third-order valence-electron chi connectivity index (χ3n) is 2.95. The predicted octanol–water partition coefficient (Wildman–Crippen LogP) is 3.74. The van der Waals surface area contributed by atoms with Gasteiger partial charge in [0.25, 0.3) is 5.91 Å². The summed E-state index contributed by atoms with van der Waals surface area (Å²) in [6, 6.07) is 5.50. The van der Waals surface area contributed by atoms with Gasteiger partial charge in [-0.05, 0) is 24.6 Å². The van der Waals surface area contributed by atoms with E-state index in [2.05, 4.69) is 17.2 Å². The molecule has 2 rings (SSSR count). The van der Waals surface area contributed by atoms with Gasteiger partial charge in [0.15, 0.2) is 0 Å². The third-order valence-corrected chi connectivity index (χ3v) is 3.19. The number of hydrogen-bond acceptors (Lipinski definition) is 1.